The maximum Gasteiger partial charge on any atom is 0.292 e. The molecule has 2 aromatic rings. The number of amides is 1. The van der Waals surface area contributed by atoms with Crippen LogP contribution in [-0.2, 0) is 0 Å². The number of nitrogens with two attached hydrogens (primary N) is 1. The molecule has 1 heterocycles. The van der Waals surface area contributed by atoms with Crippen molar-refractivity contribution in [1.29, 1.82) is 0 Å². The second-order valence-corrected chi connectivity index (χ2v) is 5.86. The fraction of sp³-hybridized carbons (Fsp3) is 0.167. The molecule has 0 spiro atoms. The number of carbonyl (C=O) groups excluding carboxylic acids is 1. The summed E-state index contributed by atoms with van der Waals surface area (Å²) >= 11 is 0. The van der Waals surface area contributed by atoms with Gasteiger partial charge in [0.2, 0.25) is 5.69 Å². The molecule has 6 nitrogen and oxygen atoms in total. The summed E-state index contributed by atoms with van der Waals surface area (Å²) in [4.78, 5) is 16.1. The largest absolute Gasteiger partial charge is 0.507 e. The van der Waals surface area contributed by atoms with Gasteiger partial charge in [0.05, 0.1) is 5.56 Å². The number of hydrazine groups is 1. The summed E-state index contributed by atoms with van der Waals surface area (Å²) in [6.07, 6.45) is 3.47. The van der Waals surface area contributed by atoms with E-state index in [4.69, 9.17) is 5.84 Å². The van der Waals surface area contributed by atoms with Crippen molar-refractivity contribution < 1.29 is 14.5 Å². The normalized spacial score (nSPS) is 14.1. The first-order valence-electron chi connectivity index (χ1n) is 7.54. The number of rotatable bonds is 2. The number of nitrogens with zero attached hydrogens (tertiary/aromatic N) is 2. The zero-order valence-corrected chi connectivity index (χ0v) is 13.8. The minimum atomic E-state index is -0.366. The Labute approximate surface area is 139 Å². The van der Waals surface area contributed by atoms with Gasteiger partial charge in [0.1, 0.15) is 12.0 Å². The Kier molecular flexibility index (Phi) is 3.91. The second kappa shape index (κ2) is 5.90. The molecule has 0 aromatic heterocycles. The molecule has 0 saturated carbocycles. The maximum absolute atomic E-state index is 11.7. The van der Waals surface area contributed by atoms with Crippen LogP contribution in [0.15, 0.2) is 29.3 Å². The van der Waals surface area contributed by atoms with Gasteiger partial charge in [-0.2, -0.15) is 4.58 Å². The Bertz CT molecular complexity index is 914. The molecule has 3 rings (SSSR count). The standard InChI is InChI=1S/C18H18N4O2/c1-10-6-11(2)14(17(23)12(10)3)8-22-9-20-15-5-4-13(7-16(15)22)18(24)21-19/h4-9H,19H2,1-3H3,(H,21,24)/p+1. The van der Waals surface area contributed by atoms with E-state index >= 15 is 0 Å². The number of benzene rings is 2. The van der Waals surface area contributed by atoms with Gasteiger partial charge < -0.3 is 5.11 Å². The van der Waals surface area contributed by atoms with Gasteiger partial charge in [-0.1, -0.05) is 6.07 Å². The number of aromatic hydroxyl groups is 1. The van der Waals surface area contributed by atoms with Gasteiger partial charge in [0.15, 0.2) is 5.69 Å². The van der Waals surface area contributed by atoms with Crippen LogP contribution in [0.3, 0.4) is 0 Å². The third-order valence-electron chi connectivity index (χ3n) is 4.30. The highest BCUT2D eigenvalue weighted by molar-refractivity contribution is 5.96. The molecule has 4 N–H and O–H groups in total. The lowest BCUT2D eigenvalue weighted by molar-refractivity contribution is -0.282. The predicted octanol–water partition coefficient (Wildman–Crippen LogP) is 2.36. The SMILES string of the molecule is Cc1cc(C)c(C=[N+]2C=Nc3ccc(C(=O)NN)cc32)c(O)c1C. The van der Waals surface area contributed by atoms with Gasteiger partial charge >= 0.3 is 0 Å². The van der Waals surface area contributed by atoms with Crippen LogP contribution in [0.1, 0.15) is 32.6 Å². The average Bonchev–Trinajstić information content (AvgIpc) is 2.98. The fourth-order valence-electron chi connectivity index (χ4n) is 2.74. The molecule has 0 fully saturated rings. The summed E-state index contributed by atoms with van der Waals surface area (Å²) < 4.78 is 1.79. The topological polar surface area (TPSA) is 90.7 Å². The molecule has 0 unspecified atom stereocenters. The van der Waals surface area contributed by atoms with Gasteiger partial charge in [-0.25, -0.2) is 5.84 Å². The first-order chi connectivity index (χ1) is 11.4. The lowest BCUT2D eigenvalue weighted by atomic mass is 9.99. The van der Waals surface area contributed by atoms with Crippen LogP contribution in [0.25, 0.3) is 0 Å². The van der Waals surface area contributed by atoms with Crippen LogP contribution in [0.5, 0.6) is 5.75 Å². The average molecular weight is 323 g/mol. The highest BCUT2D eigenvalue weighted by Crippen LogP contribution is 2.33. The predicted molar refractivity (Wildman–Crippen MR) is 93.7 cm³/mol. The molecular formula is C18H19N4O2+. The van der Waals surface area contributed by atoms with E-state index in [0.29, 0.717) is 5.56 Å². The number of hydrogen-bond donors (Lipinski definition) is 3. The lowest BCUT2D eigenvalue weighted by Gasteiger charge is -2.10. The van der Waals surface area contributed by atoms with Crippen LogP contribution in [0.2, 0.25) is 0 Å². The van der Waals surface area contributed by atoms with Crippen molar-refractivity contribution >= 4 is 29.8 Å². The number of phenols is 1. The van der Waals surface area contributed by atoms with E-state index in [9.17, 15) is 9.90 Å². The Hall–Kier alpha value is -2.99. The maximum atomic E-state index is 11.7. The van der Waals surface area contributed by atoms with Crippen molar-refractivity contribution in [3.63, 3.8) is 0 Å². The molecule has 0 atom stereocenters. The van der Waals surface area contributed by atoms with Crippen LogP contribution in [0.4, 0.5) is 11.4 Å². The number of nitrogens with one attached hydrogen (secondary N) is 1. The van der Waals surface area contributed by atoms with Crippen molar-refractivity contribution in [3.8, 4) is 5.75 Å². The zero-order valence-electron chi connectivity index (χ0n) is 13.8. The third-order valence-corrected chi connectivity index (χ3v) is 4.30. The Morgan fingerprint density at radius 3 is 2.71 bits per heavy atom. The van der Waals surface area contributed by atoms with E-state index in [1.54, 1.807) is 29.1 Å². The molecule has 0 bridgehead atoms. The van der Waals surface area contributed by atoms with Crippen molar-refractivity contribution in [3.05, 3.63) is 52.1 Å². The number of phenolic OH excluding ortho intramolecular Hbond substituents is 1. The van der Waals surface area contributed by atoms with E-state index in [1.165, 1.54) is 0 Å². The number of carbonyl (C=O) groups is 1. The van der Waals surface area contributed by atoms with Gasteiger partial charge in [0, 0.05) is 11.6 Å². The van der Waals surface area contributed by atoms with Crippen LogP contribution in [-0.4, -0.2) is 28.1 Å². The number of nitrogen functional groups attached to an aromatic ring is 1. The highest BCUT2D eigenvalue weighted by Gasteiger charge is 2.23. The number of aliphatic imine (C=N–C) groups is 1. The molecule has 0 radical (unpaired) electrons. The van der Waals surface area contributed by atoms with Gasteiger partial charge in [-0.05, 0) is 54.6 Å². The minimum absolute atomic E-state index is 0.255. The first kappa shape index (κ1) is 15.9. The lowest BCUT2D eigenvalue weighted by Crippen LogP contribution is -2.29. The fourth-order valence-corrected chi connectivity index (χ4v) is 2.74. The summed E-state index contributed by atoms with van der Waals surface area (Å²) in [6, 6.07) is 7.18. The molecule has 1 aliphatic rings. The Balaban J connectivity index is 2.12. The summed E-state index contributed by atoms with van der Waals surface area (Å²) in [7, 11) is 0. The van der Waals surface area contributed by atoms with Crippen molar-refractivity contribution in [1.82, 2.24) is 5.43 Å². The molecular weight excluding hydrogens is 304 g/mol. The zero-order chi connectivity index (χ0) is 17.4. The summed E-state index contributed by atoms with van der Waals surface area (Å²) in [5.74, 6) is 5.08. The first-order valence-corrected chi connectivity index (χ1v) is 7.54. The summed E-state index contributed by atoms with van der Waals surface area (Å²) in [5.41, 5.74) is 7.66. The Morgan fingerprint density at radius 2 is 2.00 bits per heavy atom. The molecule has 1 aliphatic heterocycles. The number of aryl methyl sites for hydroxylation is 2. The van der Waals surface area contributed by atoms with Crippen molar-refractivity contribution in [2.45, 2.75) is 20.8 Å². The quantitative estimate of drug-likeness (QED) is 0.343. The molecule has 122 valence electrons. The van der Waals surface area contributed by atoms with Crippen LogP contribution >= 0.6 is 0 Å². The Morgan fingerprint density at radius 1 is 1.25 bits per heavy atom. The van der Waals surface area contributed by atoms with Gasteiger partial charge in [-0.3, -0.25) is 10.2 Å². The summed E-state index contributed by atoms with van der Waals surface area (Å²) in [6.45, 7) is 5.80. The molecule has 0 aliphatic carbocycles. The molecule has 2 aromatic carbocycles. The van der Waals surface area contributed by atoms with E-state index in [2.05, 4.69) is 10.4 Å². The van der Waals surface area contributed by atoms with Crippen LogP contribution < -0.4 is 11.3 Å². The van der Waals surface area contributed by atoms with Gasteiger partial charge in [-0.15, -0.1) is 0 Å². The third kappa shape index (κ3) is 2.57. The highest BCUT2D eigenvalue weighted by atomic mass is 16.3. The number of fused-ring (bicyclic) bond motifs is 1. The van der Waals surface area contributed by atoms with Crippen LogP contribution in [0, 0.1) is 20.8 Å². The molecule has 1 amide bonds. The van der Waals surface area contributed by atoms with Gasteiger partial charge in [0.25, 0.3) is 12.2 Å². The van der Waals surface area contributed by atoms with E-state index < -0.39 is 0 Å². The van der Waals surface area contributed by atoms with Crippen molar-refractivity contribution in [2.24, 2.45) is 10.8 Å². The van der Waals surface area contributed by atoms with Crippen molar-refractivity contribution in [2.75, 3.05) is 0 Å². The monoisotopic (exact) mass is 323 g/mol. The van der Waals surface area contributed by atoms with E-state index in [1.807, 2.05) is 33.1 Å². The number of hydrogen-bond acceptors (Lipinski definition) is 4. The minimum Gasteiger partial charge on any atom is -0.507 e. The molecule has 0 saturated heterocycles. The van der Waals surface area contributed by atoms with E-state index in [-0.39, 0.29) is 11.7 Å². The second-order valence-electron chi connectivity index (χ2n) is 5.86. The smallest absolute Gasteiger partial charge is 0.292 e. The summed E-state index contributed by atoms with van der Waals surface area (Å²) in [5, 5.41) is 10.5. The van der Waals surface area contributed by atoms with E-state index in [0.717, 1.165) is 33.6 Å². The molecule has 24 heavy (non-hydrogen) atoms. The molecule has 6 heteroatoms.